The first-order valence-corrected chi connectivity index (χ1v) is 5.21. The summed E-state index contributed by atoms with van der Waals surface area (Å²) >= 11 is 1.31. The molecule has 0 fully saturated rings. The van der Waals surface area contributed by atoms with E-state index in [4.69, 9.17) is 4.89 Å². The van der Waals surface area contributed by atoms with Crippen LogP contribution >= 0.6 is 11.3 Å². The lowest BCUT2D eigenvalue weighted by Crippen LogP contribution is -2.06. The van der Waals surface area contributed by atoms with Crippen molar-refractivity contribution in [3.8, 4) is 5.75 Å². The Hall–Kier alpha value is -1.81. The van der Waals surface area contributed by atoms with Crippen molar-refractivity contribution in [2.45, 2.75) is 0 Å². The quantitative estimate of drug-likeness (QED) is 0.589. The third-order valence-corrected chi connectivity index (χ3v) is 2.53. The largest absolute Gasteiger partial charge is 0.395 e. The Morgan fingerprint density at radius 2 is 1.87 bits per heavy atom. The van der Waals surface area contributed by atoms with Gasteiger partial charge in [0.1, 0.15) is 4.88 Å². The second-order valence-corrected chi connectivity index (χ2v) is 3.69. The van der Waals surface area contributed by atoms with Gasteiger partial charge in [-0.1, -0.05) is 24.3 Å². The molecule has 0 aliphatic carbocycles. The molecule has 0 unspecified atom stereocenters. The lowest BCUT2D eigenvalue weighted by molar-refractivity contribution is -0.149. The van der Waals surface area contributed by atoms with Crippen LogP contribution in [0.5, 0.6) is 5.75 Å². The van der Waals surface area contributed by atoms with E-state index in [-0.39, 0.29) is 0 Å². The van der Waals surface area contributed by atoms with Crippen LogP contribution < -0.4 is 4.89 Å². The van der Waals surface area contributed by atoms with Crippen LogP contribution in [0.4, 0.5) is 0 Å². The van der Waals surface area contributed by atoms with Crippen molar-refractivity contribution in [3.05, 3.63) is 52.7 Å². The monoisotopic (exact) mass is 220 g/mol. The van der Waals surface area contributed by atoms with Gasteiger partial charge in [-0.05, 0) is 23.6 Å². The number of para-hydroxylation sites is 1. The van der Waals surface area contributed by atoms with Crippen LogP contribution in [-0.4, -0.2) is 5.97 Å². The fraction of sp³-hybridized carbons (Fsp3) is 0. The van der Waals surface area contributed by atoms with Crippen molar-refractivity contribution in [1.29, 1.82) is 0 Å². The molecule has 0 aliphatic heterocycles. The van der Waals surface area contributed by atoms with Gasteiger partial charge in [-0.25, -0.2) is 9.68 Å². The topological polar surface area (TPSA) is 35.5 Å². The van der Waals surface area contributed by atoms with Gasteiger partial charge in [0.05, 0.1) is 0 Å². The van der Waals surface area contributed by atoms with Gasteiger partial charge in [0.2, 0.25) is 0 Å². The van der Waals surface area contributed by atoms with Gasteiger partial charge >= 0.3 is 5.97 Å². The summed E-state index contributed by atoms with van der Waals surface area (Å²) in [6, 6.07) is 12.3. The van der Waals surface area contributed by atoms with E-state index in [9.17, 15) is 4.79 Å². The van der Waals surface area contributed by atoms with Crippen LogP contribution in [0.3, 0.4) is 0 Å². The Balaban J connectivity index is 1.92. The van der Waals surface area contributed by atoms with Crippen LogP contribution in [0.2, 0.25) is 0 Å². The fourth-order valence-corrected chi connectivity index (χ4v) is 1.59. The van der Waals surface area contributed by atoms with Crippen molar-refractivity contribution < 1.29 is 14.6 Å². The Morgan fingerprint density at radius 3 is 2.53 bits per heavy atom. The van der Waals surface area contributed by atoms with Crippen molar-refractivity contribution in [1.82, 2.24) is 0 Å². The van der Waals surface area contributed by atoms with Crippen molar-refractivity contribution in [2.24, 2.45) is 0 Å². The number of rotatable bonds is 3. The minimum atomic E-state index is -0.478. The first-order chi connectivity index (χ1) is 7.36. The first kappa shape index (κ1) is 9.73. The van der Waals surface area contributed by atoms with Crippen LogP contribution in [0.25, 0.3) is 0 Å². The number of carbonyl (C=O) groups is 1. The molecule has 0 bridgehead atoms. The number of hydrogen-bond donors (Lipinski definition) is 0. The van der Waals surface area contributed by atoms with Gasteiger partial charge in [-0.15, -0.1) is 11.3 Å². The molecule has 0 aliphatic rings. The van der Waals surface area contributed by atoms with Gasteiger partial charge in [-0.2, -0.15) is 0 Å². The van der Waals surface area contributed by atoms with E-state index >= 15 is 0 Å². The highest BCUT2D eigenvalue weighted by atomic mass is 32.1. The Kier molecular flexibility index (Phi) is 2.99. The van der Waals surface area contributed by atoms with Crippen molar-refractivity contribution in [3.63, 3.8) is 0 Å². The molecule has 0 saturated heterocycles. The molecule has 0 N–H and O–H groups in total. The smallest absolute Gasteiger partial charge is 0.287 e. The molecule has 1 heterocycles. The molecule has 76 valence electrons. The summed E-state index contributed by atoms with van der Waals surface area (Å²) in [7, 11) is 0. The summed E-state index contributed by atoms with van der Waals surface area (Å²) in [4.78, 5) is 21.4. The highest BCUT2D eigenvalue weighted by Crippen LogP contribution is 2.13. The molecule has 4 heteroatoms. The van der Waals surface area contributed by atoms with E-state index < -0.39 is 5.97 Å². The second-order valence-electron chi connectivity index (χ2n) is 2.74. The van der Waals surface area contributed by atoms with E-state index in [1.807, 2.05) is 6.07 Å². The summed E-state index contributed by atoms with van der Waals surface area (Å²) in [5, 5.41) is 1.80. The SMILES string of the molecule is O=C(OOc1ccccc1)c1cccs1. The van der Waals surface area contributed by atoms with E-state index in [0.717, 1.165) is 0 Å². The number of thiophene rings is 1. The maximum absolute atomic E-state index is 11.3. The lowest BCUT2D eigenvalue weighted by atomic mass is 10.3. The normalized spacial score (nSPS) is 9.60. The minimum Gasteiger partial charge on any atom is -0.287 e. The maximum atomic E-state index is 11.3. The third-order valence-electron chi connectivity index (χ3n) is 1.68. The number of benzene rings is 1. The zero-order valence-corrected chi connectivity index (χ0v) is 8.57. The van der Waals surface area contributed by atoms with Crippen LogP contribution in [0.1, 0.15) is 9.67 Å². The average Bonchev–Trinajstić information content (AvgIpc) is 2.81. The molecule has 0 spiro atoms. The molecule has 2 rings (SSSR count). The lowest BCUT2D eigenvalue weighted by Gasteiger charge is -2.01. The predicted octanol–water partition coefficient (Wildman–Crippen LogP) is 2.90. The molecule has 0 radical (unpaired) electrons. The van der Waals surface area contributed by atoms with Gasteiger partial charge < -0.3 is 0 Å². The third kappa shape index (κ3) is 2.57. The van der Waals surface area contributed by atoms with E-state index in [0.29, 0.717) is 10.6 Å². The van der Waals surface area contributed by atoms with E-state index in [1.54, 1.807) is 41.8 Å². The molecule has 15 heavy (non-hydrogen) atoms. The van der Waals surface area contributed by atoms with Crippen LogP contribution in [0, 0.1) is 0 Å². The van der Waals surface area contributed by atoms with Gasteiger partial charge in [0.15, 0.2) is 5.75 Å². The second kappa shape index (κ2) is 4.61. The highest BCUT2D eigenvalue weighted by molar-refractivity contribution is 7.11. The van der Waals surface area contributed by atoms with Crippen LogP contribution in [-0.2, 0) is 4.89 Å². The molecule has 0 amide bonds. The number of carbonyl (C=O) groups excluding carboxylic acids is 1. The molecular formula is C11H8O3S. The fourth-order valence-electron chi connectivity index (χ4n) is 0.998. The molecule has 3 nitrogen and oxygen atoms in total. The Morgan fingerprint density at radius 1 is 1.07 bits per heavy atom. The average molecular weight is 220 g/mol. The summed E-state index contributed by atoms with van der Waals surface area (Å²) in [6.07, 6.45) is 0. The van der Waals surface area contributed by atoms with Gasteiger partial charge in [-0.3, -0.25) is 4.89 Å². The van der Waals surface area contributed by atoms with Crippen molar-refractivity contribution in [2.75, 3.05) is 0 Å². The molecule has 1 aromatic heterocycles. The zero-order chi connectivity index (χ0) is 10.5. The zero-order valence-electron chi connectivity index (χ0n) is 7.75. The standard InChI is InChI=1S/C11H8O3S/c12-11(10-7-4-8-15-10)14-13-9-5-2-1-3-6-9/h1-8H. The molecule has 2 aromatic rings. The van der Waals surface area contributed by atoms with E-state index in [1.165, 1.54) is 11.3 Å². The molecule has 0 atom stereocenters. The summed E-state index contributed by atoms with van der Waals surface area (Å²) in [5.74, 6) is 0.0243. The first-order valence-electron chi connectivity index (χ1n) is 4.33. The highest BCUT2D eigenvalue weighted by Gasteiger charge is 2.09. The van der Waals surface area contributed by atoms with E-state index in [2.05, 4.69) is 4.89 Å². The summed E-state index contributed by atoms with van der Waals surface area (Å²) in [5.41, 5.74) is 0. The minimum absolute atomic E-state index is 0.478. The molecular weight excluding hydrogens is 212 g/mol. The predicted molar refractivity (Wildman–Crippen MR) is 56.8 cm³/mol. The van der Waals surface area contributed by atoms with Crippen molar-refractivity contribution >= 4 is 17.3 Å². The Bertz CT molecular complexity index is 422. The van der Waals surface area contributed by atoms with Gasteiger partial charge in [0, 0.05) is 0 Å². The maximum Gasteiger partial charge on any atom is 0.395 e. The van der Waals surface area contributed by atoms with Crippen LogP contribution in [0.15, 0.2) is 47.8 Å². The Labute approximate surface area is 90.8 Å². The molecule has 0 saturated carbocycles. The number of hydrogen-bond acceptors (Lipinski definition) is 4. The van der Waals surface area contributed by atoms with Gasteiger partial charge in [0.25, 0.3) is 0 Å². The summed E-state index contributed by atoms with van der Waals surface area (Å²) in [6.45, 7) is 0. The summed E-state index contributed by atoms with van der Waals surface area (Å²) < 4.78 is 0. The molecule has 1 aromatic carbocycles.